The zero-order valence-corrected chi connectivity index (χ0v) is 9.83. The molecule has 0 saturated carbocycles. The number of rotatable bonds is 3. The van der Waals surface area contributed by atoms with Crippen molar-refractivity contribution in [3.05, 3.63) is 12.7 Å². The second-order valence-electron chi connectivity index (χ2n) is 4.86. The second kappa shape index (κ2) is 5.66. The summed E-state index contributed by atoms with van der Waals surface area (Å²) in [5.74, 6) is 0. The van der Waals surface area contributed by atoms with Gasteiger partial charge in [0.15, 0.2) is 0 Å². The first-order valence-electron chi connectivity index (χ1n) is 6.51. The minimum atomic E-state index is 0.719. The van der Waals surface area contributed by atoms with Gasteiger partial charge >= 0.3 is 0 Å². The second-order valence-corrected chi connectivity index (χ2v) is 4.86. The number of piperidine rings is 2. The molecule has 86 valence electrons. The standard InChI is InChI=1S/C13H24N2/c1-2-9-14-12-7-4-8-13(14)15-10-5-3-6-11-15/h2,13H,1,3-12H2. The summed E-state index contributed by atoms with van der Waals surface area (Å²) in [6.07, 6.45) is 11.2. The summed E-state index contributed by atoms with van der Waals surface area (Å²) < 4.78 is 0. The van der Waals surface area contributed by atoms with Crippen molar-refractivity contribution < 1.29 is 0 Å². The lowest BCUT2D eigenvalue weighted by molar-refractivity contribution is 0.0102. The molecule has 1 atom stereocenters. The molecule has 2 rings (SSSR count). The van der Waals surface area contributed by atoms with Gasteiger partial charge < -0.3 is 0 Å². The van der Waals surface area contributed by atoms with Crippen LogP contribution in [0.3, 0.4) is 0 Å². The summed E-state index contributed by atoms with van der Waals surface area (Å²) in [6.45, 7) is 8.85. The van der Waals surface area contributed by atoms with Crippen molar-refractivity contribution in [2.24, 2.45) is 0 Å². The maximum Gasteiger partial charge on any atom is 0.0625 e. The van der Waals surface area contributed by atoms with E-state index in [-0.39, 0.29) is 0 Å². The number of hydrogen-bond acceptors (Lipinski definition) is 2. The lowest BCUT2D eigenvalue weighted by Gasteiger charge is -2.43. The number of likely N-dealkylation sites (tertiary alicyclic amines) is 2. The van der Waals surface area contributed by atoms with E-state index in [0.717, 1.165) is 12.7 Å². The van der Waals surface area contributed by atoms with Gasteiger partial charge in [0.05, 0.1) is 6.17 Å². The van der Waals surface area contributed by atoms with Gasteiger partial charge in [-0.1, -0.05) is 12.5 Å². The Balaban J connectivity index is 1.93. The Labute approximate surface area is 93.9 Å². The van der Waals surface area contributed by atoms with Crippen molar-refractivity contribution in [2.75, 3.05) is 26.2 Å². The number of nitrogens with zero attached hydrogens (tertiary/aromatic N) is 2. The molecule has 0 bridgehead atoms. The van der Waals surface area contributed by atoms with Crippen molar-refractivity contribution in [3.63, 3.8) is 0 Å². The summed E-state index contributed by atoms with van der Waals surface area (Å²) in [4.78, 5) is 5.31. The molecule has 2 fully saturated rings. The Morgan fingerprint density at radius 1 is 1.00 bits per heavy atom. The van der Waals surface area contributed by atoms with Gasteiger partial charge in [-0.15, -0.1) is 6.58 Å². The van der Waals surface area contributed by atoms with E-state index in [1.54, 1.807) is 0 Å². The van der Waals surface area contributed by atoms with Crippen molar-refractivity contribution in [1.82, 2.24) is 9.80 Å². The molecule has 1 unspecified atom stereocenters. The predicted octanol–water partition coefficient (Wildman–Crippen LogP) is 2.47. The molecular weight excluding hydrogens is 184 g/mol. The van der Waals surface area contributed by atoms with Crippen LogP contribution in [0.25, 0.3) is 0 Å². The maximum absolute atomic E-state index is 3.87. The SMILES string of the molecule is C=CCN1CCCCC1N1CCCCC1. The van der Waals surface area contributed by atoms with E-state index in [1.165, 1.54) is 58.2 Å². The molecule has 15 heavy (non-hydrogen) atoms. The van der Waals surface area contributed by atoms with Crippen LogP contribution < -0.4 is 0 Å². The monoisotopic (exact) mass is 208 g/mol. The van der Waals surface area contributed by atoms with Crippen LogP contribution in [-0.2, 0) is 0 Å². The van der Waals surface area contributed by atoms with Crippen LogP contribution in [0.2, 0.25) is 0 Å². The maximum atomic E-state index is 3.87. The summed E-state index contributed by atoms with van der Waals surface area (Å²) in [5.41, 5.74) is 0. The molecule has 2 nitrogen and oxygen atoms in total. The zero-order chi connectivity index (χ0) is 10.5. The third kappa shape index (κ3) is 2.82. The summed E-state index contributed by atoms with van der Waals surface area (Å²) >= 11 is 0. The molecular formula is C13H24N2. The smallest absolute Gasteiger partial charge is 0.0625 e. The summed E-state index contributed by atoms with van der Waals surface area (Å²) in [5, 5.41) is 0. The molecule has 0 aromatic rings. The van der Waals surface area contributed by atoms with Gasteiger partial charge in [-0.05, 0) is 51.7 Å². The highest BCUT2D eigenvalue weighted by Gasteiger charge is 2.27. The molecule has 2 heterocycles. The van der Waals surface area contributed by atoms with Gasteiger partial charge in [-0.2, -0.15) is 0 Å². The topological polar surface area (TPSA) is 6.48 Å². The van der Waals surface area contributed by atoms with Crippen molar-refractivity contribution in [3.8, 4) is 0 Å². The van der Waals surface area contributed by atoms with E-state index in [0.29, 0.717) is 0 Å². The van der Waals surface area contributed by atoms with Crippen LogP contribution in [0.4, 0.5) is 0 Å². The lowest BCUT2D eigenvalue weighted by atomic mass is 10.0. The molecule has 0 N–H and O–H groups in total. The van der Waals surface area contributed by atoms with Crippen LogP contribution in [-0.4, -0.2) is 42.1 Å². The fourth-order valence-electron chi connectivity index (χ4n) is 2.98. The molecule has 0 amide bonds. The van der Waals surface area contributed by atoms with Crippen LogP contribution >= 0.6 is 0 Å². The minimum absolute atomic E-state index is 0.719. The quantitative estimate of drug-likeness (QED) is 0.657. The third-order valence-corrected chi connectivity index (χ3v) is 3.75. The fourth-order valence-corrected chi connectivity index (χ4v) is 2.98. The Bertz CT molecular complexity index is 197. The van der Waals surface area contributed by atoms with E-state index in [1.807, 2.05) is 0 Å². The Morgan fingerprint density at radius 3 is 2.47 bits per heavy atom. The van der Waals surface area contributed by atoms with E-state index < -0.39 is 0 Å². The molecule has 0 aliphatic carbocycles. The highest BCUT2D eigenvalue weighted by atomic mass is 15.4. The van der Waals surface area contributed by atoms with Crippen LogP contribution in [0, 0.1) is 0 Å². The van der Waals surface area contributed by atoms with E-state index >= 15 is 0 Å². The number of hydrogen-bond donors (Lipinski definition) is 0. The first-order valence-corrected chi connectivity index (χ1v) is 6.51. The Kier molecular flexibility index (Phi) is 4.21. The van der Waals surface area contributed by atoms with Crippen molar-refractivity contribution in [2.45, 2.75) is 44.7 Å². The lowest BCUT2D eigenvalue weighted by Crippen LogP contribution is -2.52. The molecule has 0 spiro atoms. The zero-order valence-electron chi connectivity index (χ0n) is 9.83. The summed E-state index contributed by atoms with van der Waals surface area (Å²) in [7, 11) is 0. The van der Waals surface area contributed by atoms with Gasteiger partial charge in [0.25, 0.3) is 0 Å². The first-order chi connectivity index (χ1) is 7.42. The largest absolute Gasteiger partial charge is 0.288 e. The Hall–Kier alpha value is -0.340. The molecule has 0 aromatic carbocycles. The van der Waals surface area contributed by atoms with E-state index in [2.05, 4.69) is 22.5 Å². The van der Waals surface area contributed by atoms with Crippen molar-refractivity contribution in [1.29, 1.82) is 0 Å². The third-order valence-electron chi connectivity index (χ3n) is 3.75. The van der Waals surface area contributed by atoms with Crippen LogP contribution in [0.1, 0.15) is 38.5 Å². The fraction of sp³-hybridized carbons (Fsp3) is 0.846. The van der Waals surface area contributed by atoms with Gasteiger partial charge in [0, 0.05) is 6.54 Å². The van der Waals surface area contributed by atoms with Crippen LogP contribution in [0.15, 0.2) is 12.7 Å². The van der Waals surface area contributed by atoms with Gasteiger partial charge in [0.1, 0.15) is 0 Å². The van der Waals surface area contributed by atoms with Gasteiger partial charge in [-0.25, -0.2) is 0 Å². The molecule has 2 heteroatoms. The first kappa shape index (κ1) is 11.2. The van der Waals surface area contributed by atoms with Crippen LogP contribution in [0.5, 0.6) is 0 Å². The normalized spacial score (nSPS) is 30.3. The highest BCUT2D eigenvalue weighted by Crippen LogP contribution is 2.23. The van der Waals surface area contributed by atoms with Crippen molar-refractivity contribution >= 4 is 0 Å². The molecule has 2 aliphatic rings. The summed E-state index contributed by atoms with van der Waals surface area (Å²) in [6, 6.07) is 0. The minimum Gasteiger partial charge on any atom is -0.288 e. The Morgan fingerprint density at radius 2 is 1.73 bits per heavy atom. The van der Waals surface area contributed by atoms with E-state index in [9.17, 15) is 0 Å². The van der Waals surface area contributed by atoms with Gasteiger partial charge in [-0.3, -0.25) is 9.80 Å². The molecule has 0 radical (unpaired) electrons. The predicted molar refractivity (Wildman–Crippen MR) is 64.8 cm³/mol. The molecule has 2 aliphatic heterocycles. The molecule has 2 saturated heterocycles. The average molecular weight is 208 g/mol. The van der Waals surface area contributed by atoms with Gasteiger partial charge in [0.2, 0.25) is 0 Å². The van der Waals surface area contributed by atoms with E-state index in [4.69, 9.17) is 0 Å². The molecule has 0 aromatic heterocycles. The highest BCUT2D eigenvalue weighted by molar-refractivity contribution is 4.84. The average Bonchev–Trinajstić information content (AvgIpc) is 2.31.